The Hall–Kier alpha value is -4.15. The van der Waals surface area contributed by atoms with Gasteiger partial charge in [-0.15, -0.1) is 0 Å². The zero-order valence-electron chi connectivity index (χ0n) is 29.9. The lowest BCUT2D eigenvalue weighted by Crippen LogP contribution is -2.42. The van der Waals surface area contributed by atoms with Crippen molar-refractivity contribution in [3.63, 3.8) is 0 Å². The Morgan fingerprint density at radius 3 is 2.44 bits per heavy atom. The standard InChI is InChI=1S/C43H54N2O5/c1-4-6-9-15-35-31(12-7-5-2)23-29(22-28-20-21-45-40(44)25-28)24-33-16-18-34(30-13-10-8-11-14-30)36-27-38(47)39(50-3)26-32(36)17-19-37(46)42(48)43(49)41(33)35/h8,10-11,13-14,20-21,25-27,29,31,33-35,41-42,47-48H,4-7,9,12,15,17,19,22-24H2,1-3H3,(H2,44,45)/t29-,31-,33-,34+,35-,41+,42+/m0/s1. The maximum atomic E-state index is 14.7. The molecule has 2 aromatic carbocycles. The highest BCUT2D eigenvalue weighted by Crippen LogP contribution is 2.46. The number of carbonyl (C=O) groups is 2. The second kappa shape index (κ2) is 17.7. The second-order valence-corrected chi connectivity index (χ2v) is 14.5. The highest BCUT2D eigenvalue weighted by Gasteiger charge is 2.45. The van der Waals surface area contributed by atoms with Gasteiger partial charge in [-0.3, -0.25) is 9.59 Å². The van der Waals surface area contributed by atoms with Crippen LogP contribution < -0.4 is 10.5 Å². The van der Waals surface area contributed by atoms with Crippen LogP contribution in [0.15, 0.2) is 60.8 Å². The van der Waals surface area contributed by atoms with E-state index < -0.39 is 23.7 Å². The van der Waals surface area contributed by atoms with Gasteiger partial charge in [0.25, 0.3) is 0 Å². The van der Waals surface area contributed by atoms with Crippen molar-refractivity contribution in [2.45, 2.75) is 103 Å². The van der Waals surface area contributed by atoms with Crippen molar-refractivity contribution in [3.8, 4) is 23.3 Å². The number of fused-ring (bicyclic) bond motifs is 2. The number of aromatic hydroxyl groups is 1. The van der Waals surface area contributed by atoms with Gasteiger partial charge in [-0.25, -0.2) is 4.98 Å². The van der Waals surface area contributed by atoms with Gasteiger partial charge in [0.2, 0.25) is 0 Å². The van der Waals surface area contributed by atoms with E-state index in [9.17, 15) is 19.8 Å². The van der Waals surface area contributed by atoms with Crippen molar-refractivity contribution in [1.29, 1.82) is 0 Å². The lowest BCUT2D eigenvalue weighted by Gasteiger charge is -2.34. The monoisotopic (exact) mass is 678 g/mol. The summed E-state index contributed by atoms with van der Waals surface area (Å²) in [5, 5.41) is 22.5. The normalized spacial score (nSPS) is 25.6. The van der Waals surface area contributed by atoms with E-state index in [4.69, 9.17) is 10.5 Å². The molecule has 0 radical (unpaired) electrons. The minimum atomic E-state index is -1.70. The summed E-state index contributed by atoms with van der Waals surface area (Å²) in [7, 11) is 1.49. The average molecular weight is 679 g/mol. The number of benzene rings is 2. The third kappa shape index (κ3) is 8.95. The third-order valence-electron chi connectivity index (χ3n) is 11.0. The van der Waals surface area contributed by atoms with Crippen LogP contribution in [0.5, 0.6) is 11.5 Å². The van der Waals surface area contributed by atoms with Gasteiger partial charge >= 0.3 is 0 Å². The van der Waals surface area contributed by atoms with E-state index in [-0.39, 0.29) is 48.0 Å². The summed E-state index contributed by atoms with van der Waals surface area (Å²) in [6, 6.07) is 17.4. The first-order valence-corrected chi connectivity index (χ1v) is 18.6. The average Bonchev–Trinajstić information content (AvgIpc) is 3.25. The fourth-order valence-corrected chi connectivity index (χ4v) is 8.51. The number of rotatable bonds is 11. The molecule has 3 aromatic rings. The molecule has 1 saturated carbocycles. The number of methoxy groups -OCH3 is 1. The zero-order valence-corrected chi connectivity index (χ0v) is 29.9. The Kier molecular flexibility index (Phi) is 13.1. The largest absolute Gasteiger partial charge is 0.504 e. The molecule has 0 spiro atoms. The molecule has 0 aliphatic heterocycles. The number of nitrogens with two attached hydrogens (primary N) is 1. The second-order valence-electron chi connectivity index (χ2n) is 14.5. The van der Waals surface area contributed by atoms with Gasteiger partial charge in [-0.05, 0) is 96.4 Å². The number of ketones is 2. The number of carbonyl (C=O) groups excluding carboxylic acids is 2. The van der Waals surface area contributed by atoms with E-state index in [0.29, 0.717) is 18.0 Å². The number of aliphatic hydroxyl groups excluding tert-OH is 1. The first-order chi connectivity index (χ1) is 24.2. The number of phenols is 1. The molecular weight excluding hydrogens is 624 g/mol. The summed E-state index contributed by atoms with van der Waals surface area (Å²) < 4.78 is 5.45. The molecule has 0 saturated heterocycles. The van der Waals surface area contributed by atoms with Crippen molar-refractivity contribution in [2.75, 3.05) is 12.8 Å². The molecule has 1 fully saturated rings. The molecule has 5 rings (SSSR count). The van der Waals surface area contributed by atoms with Crippen LogP contribution in [-0.2, 0) is 22.4 Å². The molecule has 1 heterocycles. The molecule has 7 atom stereocenters. The number of nitrogen functional groups attached to an aromatic ring is 1. The van der Waals surface area contributed by atoms with Crippen molar-refractivity contribution in [3.05, 3.63) is 83.0 Å². The molecule has 7 heteroatoms. The Morgan fingerprint density at radius 2 is 1.72 bits per heavy atom. The number of pyridine rings is 1. The van der Waals surface area contributed by atoms with Crippen LogP contribution in [0.3, 0.4) is 0 Å². The summed E-state index contributed by atoms with van der Waals surface area (Å²) >= 11 is 0. The van der Waals surface area contributed by atoms with E-state index in [1.165, 1.54) is 7.11 Å². The Balaban J connectivity index is 1.70. The number of ether oxygens (including phenoxy) is 1. The summed E-state index contributed by atoms with van der Waals surface area (Å²) in [5.74, 6) is 6.41. The molecule has 50 heavy (non-hydrogen) atoms. The molecule has 1 aromatic heterocycles. The smallest absolute Gasteiger partial charge is 0.173 e. The van der Waals surface area contributed by atoms with E-state index in [0.717, 1.165) is 80.0 Å². The Labute approximate surface area is 298 Å². The number of nitrogens with zero attached hydrogens (tertiary/aromatic N) is 1. The lowest BCUT2D eigenvalue weighted by atomic mass is 9.69. The fourth-order valence-electron chi connectivity index (χ4n) is 8.51. The number of anilines is 1. The van der Waals surface area contributed by atoms with Crippen LogP contribution >= 0.6 is 0 Å². The lowest BCUT2D eigenvalue weighted by molar-refractivity contribution is -0.143. The summed E-state index contributed by atoms with van der Waals surface area (Å²) in [5.41, 5.74) is 9.77. The van der Waals surface area contributed by atoms with Crippen molar-refractivity contribution in [2.24, 2.45) is 29.6 Å². The van der Waals surface area contributed by atoms with Crippen LogP contribution in [-0.4, -0.2) is 40.0 Å². The van der Waals surface area contributed by atoms with Crippen molar-refractivity contribution in [1.82, 2.24) is 4.98 Å². The van der Waals surface area contributed by atoms with E-state index in [2.05, 4.69) is 30.7 Å². The van der Waals surface area contributed by atoms with Crippen LogP contribution in [0.1, 0.15) is 106 Å². The third-order valence-corrected chi connectivity index (χ3v) is 11.0. The first-order valence-electron chi connectivity index (χ1n) is 18.6. The minimum Gasteiger partial charge on any atom is -0.504 e. The number of hydrogen-bond donors (Lipinski definition) is 3. The minimum absolute atomic E-state index is 0.00130. The van der Waals surface area contributed by atoms with Crippen molar-refractivity contribution >= 4 is 17.4 Å². The number of aliphatic hydroxyl groups is 1. The Bertz CT molecular complexity index is 1660. The zero-order chi connectivity index (χ0) is 35.6. The number of aryl methyl sites for hydroxylation is 1. The highest BCUT2D eigenvalue weighted by molar-refractivity contribution is 6.06. The predicted molar refractivity (Wildman–Crippen MR) is 198 cm³/mol. The van der Waals surface area contributed by atoms with E-state index >= 15 is 0 Å². The summed E-state index contributed by atoms with van der Waals surface area (Å²) in [6.45, 7) is 4.39. The van der Waals surface area contributed by atoms with Gasteiger partial charge in [0.05, 0.1) is 13.0 Å². The fraction of sp³-hybridized carbons (Fsp3) is 0.512. The SMILES string of the molecule is CCCCC[C@H]1[C@@H](CCCC)C[C@H](Cc2ccnc(N)c2)C[C@@H]2C#C[C@H](c3ccccc3)c3cc(O)c(OC)cc3CCC(=O)[C@@H](O)C(=O)[C@@H]12. The molecule has 266 valence electrons. The van der Waals surface area contributed by atoms with Gasteiger partial charge in [-0.1, -0.05) is 94.5 Å². The van der Waals surface area contributed by atoms with E-state index in [1.807, 2.05) is 42.5 Å². The molecular formula is C43H54N2O5. The van der Waals surface area contributed by atoms with Gasteiger partial charge in [0.1, 0.15) is 5.82 Å². The van der Waals surface area contributed by atoms with Crippen LogP contribution in [0.25, 0.3) is 0 Å². The number of aromatic nitrogens is 1. The molecule has 0 unspecified atom stereocenters. The van der Waals surface area contributed by atoms with Crippen LogP contribution in [0.4, 0.5) is 5.82 Å². The molecule has 7 nitrogen and oxygen atoms in total. The number of phenolic OH excluding ortho intramolecular Hbond substituents is 1. The molecule has 2 aliphatic rings. The van der Waals surface area contributed by atoms with Gasteiger partial charge < -0.3 is 20.7 Å². The molecule has 4 N–H and O–H groups in total. The Morgan fingerprint density at radius 1 is 0.940 bits per heavy atom. The van der Waals surface area contributed by atoms with Gasteiger partial charge in [0.15, 0.2) is 29.2 Å². The first kappa shape index (κ1) is 37.1. The summed E-state index contributed by atoms with van der Waals surface area (Å²) in [6.07, 6.45) is 9.83. The quantitative estimate of drug-likeness (QED) is 0.107. The topological polar surface area (TPSA) is 123 Å². The number of Topliss-reactive ketones (excluding diaryl/α,β-unsaturated/α-hetero) is 2. The van der Waals surface area contributed by atoms with Crippen LogP contribution in [0, 0.1) is 41.4 Å². The predicted octanol–water partition coefficient (Wildman–Crippen LogP) is 7.85. The number of hydrogen-bond acceptors (Lipinski definition) is 7. The summed E-state index contributed by atoms with van der Waals surface area (Å²) in [4.78, 5) is 32.6. The van der Waals surface area contributed by atoms with Crippen molar-refractivity contribution < 1.29 is 24.5 Å². The maximum Gasteiger partial charge on any atom is 0.173 e. The van der Waals surface area contributed by atoms with E-state index in [1.54, 1.807) is 18.3 Å². The van der Waals surface area contributed by atoms with Crippen LogP contribution in [0.2, 0.25) is 0 Å². The molecule has 0 amide bonds. The van der Waals surface area contributed by atoms with Gasteiger partial charge in [0, 0.05) is 24.5 Å². The highest BCUT2D eigenvalue weighted by atomic mass is 16.5. The molecule has 0 bridgehead atoms. The van der Waals surface area contributed by atoms with Gasteiger partial charge in [-0.2, -0.15) is 0 Å². The maximum absolute atomic E-state index is 14.7. The molecule has 2 aliphatic carbocycles. The number of unbranched alkanes of at least 4 members (excludes halogenated alkanes) is 3.